The number of piperazine rings is 1. The van der Waals surface area contributed by atoms with Gasteiger partial charge in [0.2, 0.25) is 0 Å². The van der Waals surface area contributed by atoms with Crippen LogP contribution in [-0.4, -0.2) is 40.8 Å². The molecular formula is C18H33N3O. The zero-order valence-electron chi connectivity index (χ0n) is 14.9. The molecule has 1 aliphatic rings. The van der Waals surface area contributed by atoms with Gasteiger partial charge < -0.3 is 5.32 Å². The Kier molecular flexibility index (Phi) is 8.01. The van der Waals surface area contributed by atoms with Crippen LogP contribution in [0.15, 0.2) is 30.6 Å². The van der Waals surface area contributed by atoms with Crippen LogP contribution in [0.2, 0.25) is 0 Å². The molecule has 0 aliphatic carbocycles. The molecule has 126 valence electrons. The maximum Gasteiger partial charge on any atom is 0.0685 e. The third-order valence-electron chi connectivity index (χ3n) is 3.75. The number of hydrogen-bond acceptors (Lipinski definition) is 4. The minimum atomic E-state index is 0.0773. The van der Waals surface area contributed by atoms with E-state index in [4.69, 9.17) is 4.84 Å². The summed E-state index contributed by atoms with van der Waals surface area (Å²) in [5, 5.41) is 5.68. The van der Waals surface area contributed by atoms with E-state index in [1.165, 1.54) is 12.8 Å². The van der Waals surface area contributed by atoms with Gasteiger partial charge in [0.15, 0.2) is 0 Å². The Morgan fingerprint density at radius 1 is 1.00 bits per heavy atom. The van der Waals surface area contributed by atoms with E-state index in [0.29, 0.717) is 0 Å². The Hall–Kier alpha value is -0.970. The molecular weight excluding hydrogens is 274 g/mol. The smallest absolute Gasteiger partial charge is 0.0685 e. The summed E-state index contributed by atoms with van der Waals surface area (Å²) in [5.74, 6) is 0. The summed E-state index contributed by atoms with van der Waals surface area (Å²) >= 11 is 0. The number of nitrogens with zero attached hydrogens (tertiary/aromatic N) is 2. The third kappa shape index (κ3) is 6.42. The second kappa shape index (κ2) is 9.23. The van der Waals surface area contributed by atoms with Crippen LogP contribution in [0.4, 0.5) is 0 Å². The van der Waals surface area contributed by atoms with Gasteiger partial charge in [-0.15, -0.1) is 0 Å². The fourth-order valence-corrected chi connectivity index (χ4v) is 2.81. The topological polar surface area (TPSA) is 37.4 Å². The largest absolute Gasteiger partial charge is 0.313 e. The molecule has 0 amide bonds. The summed E-state index contributed by atoms with van der Waals surface area (Å²) in [6.07, 6.45) is 7.16. The van der Waals surface area contributed by atoms with Crippen molar-refractivity contribution in [1.82, 2.24) is 15.4 Å². The summed E-state index contributed by atoms with van der Waals surface area (Å²) in [6.45, 7) is 14.0. The van der Waals surface area contributed by atoms with Crippen LogP contribution in [0.3, 0.4) is 0 Å². The normalized spacial score (nSPS) is 20.0. The molecule has 1 saturated heterocycles. The Bertz CT molecular complexity index is 350. The summed E-state index contributed by atoms with van der Waals surface area (Å²) in [5.41, 5.74) is 0.155. The Labute approximate surface area is 136 Å². The van der Waals surface area contributed by atoms with Gasteiger partial charge in [0.1, 0.15) is 0 Å². The zero-order valence-corrected chi connectivity index (χ0v) is 14.9. The highest BCUT2D eigenvalue weighted by Crippen LogP contribution is 2.28. The molecule has 1 N–H and O–H groups in total. The first kappa shape index (κ1) is 19.1. The molecule has 0 spiro atoms. The molecule has 0 radical (unpaired) electrons. The zero-order chi connectivity index (χ0) is 16.5. The van der Waals surface area contributed by atoms with Crippen molar-refractivity contribution in [3.63, 3.8) is 0 Å². The molecule has 0 bridgehead atoms. The van der Waals surface area contributed by atoms with Crippen LogP contribution in [0.5, 0.6) is 0 Å². The van der Waals surface area contributed by atoms with Crippen LogP contribution in [-0.2, 0) is 4.84 Å². The summed E-state index contributed by atoms with van der Waals surface area (Å²) in [6, 6.07) is 5.72. The van der Waals surface area contributed by atoms with E-state index in [0.717, 1.165) is 26.1 Å². The number of aromatic nitrogens is 1. The van der Waals surface area contributed by atoms with Gasteiger partial charge in [0, 0.05) is 25.5 Å². The summed E-state index contributed by atoms with van der Waals surface area (Å²) < 4.78 is 0. The van der Waals surface area contributed by atoms with Gasteiger partial charge in [-0.3, -0.25) is 9.82 Å². The van der Waals surface area contributed by atoms with Crippen molar-refractivity contribution in [2.45, 2.75) is 65.0 Å². The molecule has 4 nitrogen and oxygen atoms in total. The van der Waals surface area contributed by atoms with Gasteiger partial charge >= 0.3 is 0 Å². The number of hydroxylamine groups is 2. The van der Waals surface area contributed by atoms with Crippen LogP contribution < -0.4 is 5.32 Å². The minimum Gasteiger partial charge on any atom is -0.313 e. The van der Waals surface area contributed by atoms with E-state index >= 15 is 0 Å². The van der Waals surface area contributed by atoms with Gasteiger partial charge in [-0.25, -0.2) is 0 Å². The standard InChI is InChI=1S/C13H28N2O.C5H5N/c1-6-7-8-9-16-15-12(2,3)10-14-11-13(15,4)5;1-2-4-6-5-3-1/h14H,6-11H2,1-5H3;1-5H. The number of hydrogen-bond donors (Lipinski definition) is 1. The molecule has 0 aromatic carbocycles. The first-order valence-corrected chi connectivity index (χ1v) is 8.39. The van der Waals surface area contributed by atoms with E-state index in [2.05, 4.69) is 50.0 Å². The van der Waals surface area contributed by atoms with Crippen LogP contribution in [0, 0.1) is 0 Å². The molecule has 1 fully saturated rings. The number of unbranched alkanes of at least 4 members (excludes halogenated alkanes) is 2. The summed E-state index contributed by atoms with van der Waals surface area (Å²) in [4.78, 5) is 9.79. The first-order valence-electron chi connectivity index (χ1n) is 8.39. The third-order valence-corrected chi connectivity index (χ3v) is 3.75. The lowest BCUT2D eigenvalue weighted by molar-refractivity contribution is -0.274. The van der Waals surface area contributed by atoms with Crippen molar-refractivity contribution in [3.05, 3.63) is 30.6 Å². The van der Waals surface area contributed by atoms with Gasteiger partial charge in [-0.2, -0.15) is 5.06 Å². The van der Waals surface area contributed by atoms with Crippen molar-refractivity contribution >= 4 is 0 Å². The van der Waals surface area contributed by atoms with Crippen LogP contribution >= 0.6 is 0 Å². The highest BCUT2D eigenvalue weighted by molar-refractivity contribution is 4.95. The molecule has 1 aliphatic heterocycles. The van der Waals surface area contributed by atoms with E-state index in [-0.39, 0.29) is 11.1 Å². The van der Waals surface area contributed by atoms with E-state index in [1.54, 1.807) is 12.4 Å². The van der Waals surface area contributed by atoms with E-state index < -0.39 is 0 Å². The van der Waals surface area contributed by atoms with E-state index in [9.17, 15) is 0 Å². The fraction of sp³-hybridized carbons (Fsp3) is 0.722. The molecule has 1 aromatic rings. The Morgan fingerprint density at radius 2 is 1.59 bits per heavy atom. The fourth-order valence-electron chi connectivity index (χ4n) is 2.81. The quantitative estimate of drug-likeness (QED) is 0.843. The number of pyridine rings is 1. The second-order valence-corrected chi connectivity index (χ2v) is 7.09. The van der Waals surface area contributed by atoms with E-state index in [1.807, 2.05) is 18.2 Å². The van der Waals surface area contributed by atoms with Crippen molar-refractivity contribution in [1.29, 1.82) is 0 Å². The highest BCUT2D eigenvalue weighted by Gasteiger charge is 2.42. The van der Waals surface area contributed by atoms with Gasteiger partial charge in [0.05, 0.1) is 17.7 Å². The molecule has 2 rings (SSSR count). The van der Waals surface area contributed by atoms with Gasteiger partial charge in [-0.1, -0.05) is 25.8 Å². The number of rotatable bonds is 5. The Balaban J connectivity index is 0.000000335. The number of nitrogens with one attached hydrogen (secondary N) is 1. The molecule has 4 heteroatoms. The maximum atomic E-state index is 6.01. The maximum absolute atomic E-state index is 6.01. The minimum absolute atomic E-state index is 0.0773. The van der Waals surface area contributed by atoms with Crippen molar-refractivity contribution < 1.29 is 4.84 Å². The van der Waals surface area contributed by atoms with Crippen molar-refractivity contribution in [2.24, 2.45) is 0 Å². The van der Waals surface area contributed by atoms with Gasteiger partial charge in [-0.05, 0) is 46.2 Å². The molecule has 0 atom stereocenters. The van der Waals surface area contributed by atoms with Crippen LogP contribution in [0.25, 0.3) is 0 Å². The Morgan fingerprint density at radius 3 is 2.00 bits per heavy atom. The summed E-state index contributed by atoms with van der Waals surface area (Å²) in [7, 11) is 0. The molecule has 22 heavy (non-hydrogen) atoms. The first-order chi connectivity index (χ1) is 10.4. The predicted octanol–water partition coefficient (Wildman–Crippen LogP) is 3.65. The second-order valence-electron chi connectivity index (χ2n) is 7.09. The van der Waals surface area contributed by atoms with Crippen molar-refractivity contribution in [2.75, 3.05) is 19.7 Å². The monoisotopic (exact) mass is 307 g/mol. The molecule has 0 unspecified atom stereocenters. The van der Waals surface area contributed by atoms with Crippen LogP contribution in [0.1, 0.15) is 53.9 Å². The lowest BCUT2D eigenvalue weighted by Crippen LogP contribution is -2.67. The average molecular weight is 307 g/mol. The molecule has 0 saturated carbocycles. The average Bonchev–Trinajstić information content (AvgIpc) is 2.47. The lowest BCUT2D eigenvalue weighted by Gasteiger charge is -2.51. The van der Waals surface area contributed by atoms with Gasteiger partial charge in [0.25, 0.3) is 0 Å². The molecule has 1 aromatic heterocycles. The predicted molar refractivity (Wildman–Crippen MR) is 92.6 cm³/mol. The lowest BCUT2D eigenvalue weighted by atomic mass is 9.92. The highest BCUT2D eigenvalue weighted by atomic mass is 16.7. The van der Waals surface area contributed by atoms with Crippen molar-refractivity contribution in [3.8, 4) is 0 Å². The SMILES string of the molecule is CCCCCON1C(C)(C)CNCC1(C)C.c1ccncc1. The molecule has 2 heterocycles.